The van der Waals surface area contributed by atoms with Gasteiger partial charge in [0, 0.05) is 5.56 Å². The van der Waals surface area contributed by atoms with E-state index in [2.05, 4.69) is 6.58 Å². The topological polar surface area (TPSA) is 37.3 Å². The number of rotatable bonds is 5. The predicted molar refractivity (Wildman–Crippen MR) is 103 cm³/mol. The molecule has 2 nitrogen and oxygen atoms in total. The van der Waals surface area contributed by atoms with E-state index in [4.69, 9.17) is 28.3 Å². The highest BCUT2D eigenvalue weighted by Crippen LogP contribution is 2.42. The van der Waals surface area contributed by atoms with E-state index in [0.29, 0.717) is 12.1 Å². The van der Waals surface area contributed by atoms with Crippen molar-refractivity contribution < 1.29 is 40.6 Å². The molecule has 0 heterocycles. The van der Waals surface area contributed by atoms with Gasteiger partial charge in [0.1, 0.15) is 11.7 Å². The number of carboxylic acid groups (broad SMARTS) is 1. The van der Waals surface area contributed by atoms with Crippen LogP contribution in [0.5, 0.6) is 0 Å². The van der Waals surface area contributed by atoms with E-state index in [1.807, 2.05) is 0 Å². The van der Waals surface area contributed by atoms with Crippen LogP contribution in [0.4, 0.5) is 30.7 Å². The lowest BCUT2D eigenvalue weighted by atomic mass is 9.94. The normalized spacial score (nSPS) is 13.8. The minimum absolute atomic E-state index is 0.0393. The molecule has 11 heteroatoms. The fraction of sp³-hybridized carbons (Fsp3) is 0.150. The number of allylic oxidation sites excluding steroid dienone is 1. The van der Waals surface area contributed by atoms with Crippen LogP contribution in [0, 0.1) is 0 Å². The fourth-order valence-corrected chi connectivity index (χ4v) is 3.12. The summed E-state index contributed by atoms with van der Waals surface area (Å²) in [5.41, 5.74) is -4.23. The van der Waals surface area contributed by atoms with Crippen LogP contribution in [-0.4, -0.2) is 17.3 Å². The summed E-state index contributed by atoms with van der Waals surface area (Å²) < 4.78 is 94.8. The van der Waals surface area contributed by atoms with Crippen LogP contribution in [0.15, 0.2) is 43.0 Å². The maximum absolute atomic E-state index is 14.6. The second-order valence-corrected chi connectivity index (χ2v) is 6.99. The average molecular weight is 487 g/mol. The van der Waals surface area contributed by atoms with Crippen LogP contribution >= 0.6 is 23.2 Å². The summed E-state index contributed by atoms with van der Waals surface area (Å²) in [7, 11) is 0. The Hall–Kier alpha value is -2.52. The third-order valence-electron chi connectivity index (χ3n) is 4.15. The molecule has 0 amide bonds. The first-order valence-electron chi connectivity index (χ1n) is 8.17. The van der Waals surface area contributed by atoms with Crippen molar-refractivity contribution in [3.8, 4) is 0 Å². The quantitative estimate of drug-likeness (QED) is 0.434. The van der Waals surface area contributed by atoms with Crippen LogP contribution in [0.25, 0.3) is 11.9 Å². The molecular weight excluding hydrogens is 476 g/mol. The van der Waals surface area contributed by atoms with E-state index in [-0.39, 0.29) is 27.8 Å². The number of hydrogen-bond donors (Lipinski definition) is 1. The van der Waals surface area contributed by atoms with E-state index >= 15 is 0 Å². The Bertz CT molecular complexity index is 1060. The molecule has 0 bridgehead atoms. The molecular formula is C20H11Cl2F7O2. The minimum atomic E-state index is -5.17. The summed E-state index contributed by atoms with van der Waals surface area (Å²) in [5, 5.41) is 8.53. The molecule has 31 heavy (non-hydrogen) atoms. The van der Waals surface area contributed by atoms with Crippen molar-refractivity contribution in [3.05, 3.63) is 80.8 Å². The Kier molecular flexibility index (Phi) is 7.12. The van der Waals surface area contributed by atoms with Crippen LogP contribution in [0.2, 0.25) is 10.0 Å². The van der Waals surface area contributed by atoms with Crippen LogP contribution in [-0.2, 0) is 6.18 Å². The summed E-state index contributed by atoms with van der Waals surface area (Å²) in [6, 6.07) is 3.06. The smallest absolute Gasteiger partial charge is 0.417 e. The third-order valence-corrected chi connectivity index (χ3v) is 4.97. The molecule has 166 valence electrons. The van der Waals surface area contributed by atoms with E-state index in [1.54, 1.807) is 0 Å². The summed E-state index contributed by atoms with van der Waals surface area (Å²) in [6.45, 7) is 3.39. The Morgan fingerprint density at radius 3 is 2.16 bits per heavy atom. The van der Waals surface area contributed by atoms with Gasteiger partial charge >= 0.3 is 18.3 Å². The van der Waals surface area contributed by atoms with Gasteiger partial charge in [0.2, 0.25) is 0 Å². The zero-order chi connectivity index (χ0) is 23.7. The van der Waals surface area contributed by atoms with Crippen molar-refractivity contribution >= 4 is 41.1 Å². The Morgan fingerprint density at radius 1 is 1.06 bits per heavy atom. The largest absolute Gasteiger partial charge is 0.478 e. The highest BCUT2D eigenvalue weighted by molar-refractivity contribution is 6.43. The van der Waals surface area contributed by atoms with Crippen molar-refractivity contribution in [2.45, 2.75) is 18.3 Å². The van der Waals surface area contributed by atoms with Gasteiger partial charge in [-0.25, -0.2) is 9.18 Å². The summed E-state index contributed by atoms with van der Waals surface area (Å²) in [6.07, 6.45) is -9.01. The van der Waals surface area contributed by atoms with Crippen molar-refractivity contribution in [1.82, 2.24) is 0 Å². The van der Waals surface area contributed by atoms with Gasteiger partial charge in [0.15, 0.2) is 0 Å². The molecule has 2 rings (SSSR count). The molecule has 0 aromatic heterocycles. The lowest BCUT2D eigenvalue weighted by molar-refractivity contribution is -0.140. The molecule has 0 fully saturated rings. The first-order valence-corrected chi connectivity index (χ1v) is 8.92. The number of carboxylic acids is 1. The molecule has 0 aliphatic heterocycles. The van der Waals surface area contributed by atoms with Crippen LogP contribution in [0.3, 0.4) is 0 Å². The molecule has 2 aromatic rings. The zero-order valence-electron chi connectivity index (χ0n) is 15.1. The summed E-state index contributed by atoms with van der Waals surface area (Å²) in [5.74, 6) is -6.16. The van der Waals surface area contributed by atoms with Crippen LogP contribution < -0.4 is 0 Å². The first kappa shape index (κ1) is 24.7. The maximum Gasteiger partial charge on any atom is 0.417 e. The summed E-state index contributed by atoms with van der Waals surface area (Å²) >= 11 is 11.7. The number of aromatic carboxylic acids is 1. The van der Waals surface area contributed by atoms with Gasteiger partial charge in [-0.2, -0.15) is 26.3 Å². The van der Waals surface area contributed by atoms with Crippen molar-refractivity contribution in [3.63, 3.8) is 0 Å². The zero-order valence-corrected chi connectivity index (χ0v) is 16.6. The number of hydrogen-bond acceptors (Lipinski definition) is 1. The lowest BCUT2D eigenvalue weighted by Gasteiger charge is -2.19. The van der Waals surface area contributed by atoms with Gasteiger partial charge < -0.3 is 5.11 Å². The lowest BCUT2D eigenvalue weighted by Crippen LogP contribution is -2.19. The summed E-state index contributed by atoms with van der Waals surface area (Å²) in [4.78, 5) is 11.0. The van der Waals surface area contributed by atoms with E-state index in [0.717, 1.165) is 18.2 Å². The monoisotopic (exact) mass is 486 g/mol. The Balaban J connectivity index is 2.65. The molecule has 1 N–H and O–H groups in total. The van der Waals surface area contributed by atoms with Gasteiger partial charge in [0.25, 0.3) is 0 Å². The maximum atomic E-state index is 14.6. The molecule has 0 aliphatic rings. The highest BCUT2D eigenvalue weighted by Gasteiger charge is 2.41. The molecule has 0 aliphatic carbocycles. The van der Waals surface area contributed by atoms with Crippen molar-refractivity contribution in [2.24, 2.45) is 0 Å². The number of halogens is 9. The molecule has 0 saturated carbocycles. The first-order chi connectivity index (χ1) is 14.2. The number of benzene rings is 2. The van der Waals surface area contributed by atoms with Gasteiger partial charge in [-0.15, -0.1) is 0 Å². The minimum Gasteiger partial charge on any atom is -0.478 e. The van der Waals surface area contributed by atoms with E-state index < -0.39 is 52.3 Å². The Labute approximate surface area is 181 Å². The Morgan fingerprint density at radius 2 is 1.68 bits per heavy atom. The second-order valence-electron chi connectivity index (χ2n) is 6.21. The molecule has 0 saturated heterocycles. The molecule has 0 radical (unpaired) electrons. The van der Waals surface area contributed by atoms with E-state index in [9.17, 15) is 35.5 Å². The van der Waals surface area contributed by atoms with Crippen LogP contribution in [0.1, 0.15) is 38.5 Å². The average Bonchev–Trinajstić information content (AvgIpc) is 2.65. The number of carbonyl (C=O) groups is 1. The molecule has 1 unspecified atom stereocenters. The highest BCUT2D eigenvalue weighted by atomic mass is 35.5. The second kappa shape index (κ2) is 8.92. The number of alkyl halides is 6. The molecule has 2 aromatic carbocycles. The van der Waals surface area contributed by atoms with Gasteiger partial charge in [-0.1, -0.05) is 41.9 Å². The van der Waals surface area contributed by atoms with Gasteiger partial charge in [-0.05, 0) is 41.5 Å². The van der Waals surface area contributed by atoms with Gasteiger partial charge in [-0.3, -0.25) is 0 Å². The molecule has 0 spiro atoms. The predicted octanol–water partition coefficient (Wildman–Crippen LogP) is 8.01. The SMILES string of the molecule is C=Cc1cc(C(/C=C(\F)c2ccc(C(=O)O)c(C(F)(F)F)c2)C(F)(F)F)cc(Cl)c1Cl. The van der Waals surface area contributed by atoms with E-state index in [1.165, 1.54) is 0 Å². The van der Waals surface area contributed by atoms with Crippen molar-refractivity contribution in [1.29, 1.82) is 0 Å². The third kappa shape index (κ3) is 5.59. The molecule has 1 atom stereocenters. The standard InChI is InChI=1S/C20H11Cl2F7O2/c1-2-9-5-11(7-15(21)17(9)22)13(19(24,25)26)8-16(23)10-3-4-12(18(30)31)14(6-10)20(27,28)29/h2-8,13H,1H2,(H,30,31)/b16-8-. The fourth-order valence-electron chi connectivity index (χ4n) is 2.70. The van der Waals surface area contributed by atoms with Crippen molar-refractivity contribution in [2.75, 3.05) is 0 Å². The van der Waals surface area contributed by atoms with Gasteiger partial charge in [0.05, 0.1) is 21.2 Å².